The molecule has 2 aliphatic heterocycles. The molecule has 114 valence electrons. The summed E-state index contributed by atoms with van der Waals surface area (Å²) in [5.74, 6) is 0. The van der Waals surface area contributed by atoms with Crippen LogP contribution in [0.2, 0.25) is 0 Å². The van der Waals surface area contributed by atoms with E-state index < -0.39 is 6.10 Å². The average Bonchev–Trinajstić information content (AvgIpc) is 2.95. The monoisotopic (exact) mass is 289 g/mol. The first kappa shape index (κ1) is 14.4. The number of β-amino-alcohol motifs (C(OH)–C–C–N with tert-alkyl or cyclic N) is 1. The van der Waals surface area contributed by atoms with Crippen LogP contribution >= 0.6 is 0 Å². The second-order valence-corrected chi connectivity index (χ2v) is 5.88. The predicted octanol–water partition coefficient (Wildman–Crippen LogP) is 1.21. The molecule has 2 aliphatic rings. The molecular formula is C16H23N3O2. The maximum absolute atomic E-state index is 11.7. The number of rotatable bonds is 4. The third-order valence-electron chi connectivity index (χ3n) is 4.50. The number of hydrogen-bond donors (Lipinski definition) is 2. The number of aliphatic hydroxyl groups is 1. The fourth-order valence-corrected chi connectivity index (χ4v) is 3.27. The van der Waals surface area contributed by atoms with E-state index in [9.17, 15) is 9.90 Å². The maximum atomic E-state index is 11.7. The van der Waals surface area contributed by atoms with Gasteiger partial charge in [0.15, 0.2) is 0 Å². The molecule has 2 N–H and O–H groups in total. The predicted molar refractivity (Wildman–Crippen MR) is 81.0 cm³/mol. The quantitative estimate of drug-likeness (QED) is 0.876. The van der Waals surface area contributed by atoms with Crippen molar-refractivity contribution in [2.24, 2.45) is 0 Å². The van der Waals surface area contributed by atoms with Crippen LogP contribution in [0.25, 0.3) is 0 Å². The van der Waals surface area contributed by atoms with E-state index in [-0.39, 0.29) is 6.03 Å². The Balaban J connectivity index is 1.48. The number of nitrogens with zero attached hydrogens (tertiary/aromatic N) is 2. The molecule has 2 saturated heterocycles. The molecule has 5 nitrogen and oxygen atoms in total. The zero-order valence-corrected chi connectivity index (χ0v) is 12.2. The van der Waals surface area contributed by atoms with Crippen LogP contribution in [-0.2, 0) is 0 Å². The molecule has 0 spiro atoms. The number of nitrogens with one attached hydrogen (secondary N) is 1. The molecule has 0 aromatic heterocycles. The summed E-state index contributed by atoms with van der Waals surface area (Å²) in [5.41, 5.74) is 0.971. The van der Waals surface area contributed by atoms with Crippen LogP contribution in [0.1, 0.15) is 24.5 Å². The summed E-state index contributed by atoms with van der Waals surface area (Å²) in [7, 11) is 0. The normalized spacial score (nSPS) is 22.3. The number of carbonyl (C=O) groups is 1. The molecule has 0 radical (unpaired) electrons. The summed E-state index contributed by atoms with van der Waals surface area (Å²) in [6, 6.07) is 10.2. The molecule has 2 amide bonds. The van der Waals surface area contributed by atoms with E-state index >= 15 is 0 Å². The molecule has 2 fully saturated rings. The number of hydrogen-bond acceptors (Lipinski definition) is 3. The van der Waals surface area contributed by atoms with E-state index in [2.05, 4.69) is 10.2 Å². The van der Waals surface area contributed by atoms with Crippen LogP contribution in [0, 0.1) is 0 Å². The maximum Gasteiger partial charge on any atom is 0.317 e. The van der Waals surface area contributed by atoms with Crippen LogP contribution in [-0.4, -0.2) is 59.7 Å². The highest BCUT2D eigenvalue weighted by atomic mass is 16.3. The number of piperidine rings is 1. The fourth-order valence-electron chi connectivity index (χ4n) is 3.27. The van der Waals surface area contributed by atoms with Gasteiger partial charge in [-0.3, -0.25) is 0 Å². The van der Waals surface area contributed by atoms with Crippen LogP contribution in [0.3, 0.4) is 0 Å². The van der Waals surface area contributed by atoms with Crippen molar-refractivity contribution in [2.75, 3.05) is 32.7 Å². The van der Waals surface area contributed by atoms with Crippen molar-refractivity contribution in [1.82, 2.24) is 15.1 Å². The van der Waals surface area contributed by atoms with E-state index in [1.807, 2.05) is 35.2 Å². The smallest absolute Gasteiger partial charge is 0.317 e. The van der Waals surface area contributed by atoms with Crippen molar-refractivity contribution in [2.45, 2.75) is 25.0 Å². The molecule has 0 aliphatic carbocycles. The third-order valence-corrected chi connectivity index (χ3v) is 4.50. The van der Waals surface area contributed by atoms with Gasteiger partial charge in [0, 0.05) is 38.8 Å². The molecule has 5 heteroatoms. The van der Waals surface area contributed by atoms with Gasteiger partial charge in [0.05, 0.1) is 6.10 Å². The lowest BCUT2D eigenvalue weighted by atomic mass is 10.0. The van der Waals surface area contributed by atoms with Crippen LogP contribution in [0.5, 0.6) is 0 Å². The molecule has 2 heterocycles. The Labute approximate surface area is 125 Å². The first-order valence-corrected chi connectivity index (χ1v) is 7.74. The highest BCUT2D eigenvalue weighted by molar-refractivity contribution is 5.76. The Morgan fingerprint density at radius 1 is 1.19 bits per heavy atom. The molecule has 0 bridgehead atoms. The second kappa shape index (κ2) is 6.45. The molecule has 1 aromatic carbocycles. The Morgan fingerprint density at radius 3 is 2.52 bits per heavy atom. The Hall–Kier alpha value is -1.59. The van der Waals surface area contributed by atoms with Crippen LogP contribution in [0.15, 0.2) is 30.3 Å². The van der Waals surface area contributed by atoms with Gasteiger partial charge in [0.2, 0.25) is 0 Å². The van der Waals surface area contributed by atoms with Crippen molar-refractivity contribution >= 4 is 6.03 Å². The van der Waals surface area contributed by atoms with Gasteiger partial charge in [-0.25, -0.2) is 4.79 Å². The lowest BCUT2D eigenvalue weighted by molar-refractivity contribution is 0.0796. The number of urea groups is 1. The van der Waals surface area contributed by atoms with Gasteiger partial charge in [-0.05, 0) is 18.4 Å². The van der Waals surface area contributed by atoms with E-state index in [1.54, 1.807) is 0 Å². The molecular weight excluding hydrogens is 266 g/mol. The zero-order chi connectivity index (χ0) is 14.7. The van der Waals surface area contributed by atoms with Crippen LogP contribution < -0.4 is 5.32 Å². The summed E-state index contributed by atoms with van der Waals surface area (Å²) < 4.78 is 0. The minimum Gasteiger partial charge on any atom is -0.387 e. The fraction of sp³-hybridized carbons (Fsp3) is 0.562. The molecule has 1 atom stereocenters. The molecule has 21 heavy (non-hydrogen) atoms. The van der Waals surface area contributed by atoms with E-state index in [4.69, 9.17) is 0 Å². The first-order valence-electron chi connectivity index (χ1n) is 7.74. The van der Waals surface area contributed by atoms with Crippen molar-refractivity contribution in [3.8, 4) is 0 Å². The summed E-state index contributed by atoms with van der Waals surface area (Å²) >= 11 is 0. The van der Waals surface area contributed by atoms with Gasteiger partial charge < -0.3 is 20.2 Å². The second-order valence-electron chi connectivity index (χ2n) is 5.88. The van der Waals surface area contributed by atoms with Gasteiger partial charge in [0.25, 0.3) is 0 Å². The van der Waals surface area contributed by atoms with Gasteiger partial charge in [0.1, 0.15) is 0 Å². The zero-order valence-electron chi connectivity index (χ0n) is 12.2. The number of aliphatic hydroxyl groups excluding tert-OH is 1. The van der Waals surface area contributed by atoms with Gasteiger partial charge in [-0.15, -0.1) is 0 Å². The SMILES string of the molecule is O=C1NCCN1C1CCN(C[C@H](O)c2ccccc2)CC1. The third kappa shape index (κ3) is 3.36. The lowest BCUT2D eigenvalue weighted by Gasteiger charge is -2.36. The number of benzene rings is 1. The Morgan fingerprint density at radius 2 is 1.90 bits per heavy atom. The van der Waals surface area contributed by atoms with Gasteiger partial charge in [-0.1, -0.05) is 30.3 Å². The molecule has 0 unspecified atom stereocenters. The summed E-state index contributed by atoms with van der Waals surface area (Å²) in [6.45, 7) is 4.15. The van der Waals surface area contributed by atoms with Crippen molar-refractivity contribution in [3.63, 3.8) is 0 Å². The number of amides is 2. The van der Waals surface area contributed by atoms with Gasteiger partial charge in [-0.2, -0.15) is 0 Å². The van der Waals surface area contributed by atoms with E-state index in [1.165, 1.54) is 0 Å². The minimum atomic E-state index is -0.433. The van der Waals surface area contributed by atoms with Gasteiger partial charge >= 0.3 is 6.03 Å². The van der Waals surface area contributed by atoms with Crippen LogP contribution in [0.4, 0.5) is 4.79 Å². The highest BCUT2D eigenvalue weighted by Gasteiger charge is 2.31. The topological polar surface area (TPSA) is 55.8 Å². The molecule has 0 saturated carbocycles. The largest absolute Gasteiger partial charge is 0.387 e. The lowest BCUT2D eigenvalue weighted by Crippen LogP contribution is -2.46. The van der Waals surface area contributed by atoms with Crippen molar-refractivity contribution < 1.29 is 9.90 Å². The average molecular weight is 289 g/mol. The first-order chi connectivity index (χ1) is 10.2. The Bertz CT molecular complexity index is 472. The minimum absolute atomic E-state index is 0.0813. The van der Waals surface area contributed by atoms with Crippen molar-refractivity contribution in [3.05, 3.63) is 35.9 Å². The summed E-state index contributed by atoms with van der Waals surface area (Å²) in [4.78, 5) is 15.9. The van der Waals surface area contributed by atoms with E-state index in [0.29, 0.717) is 12.6 Å². The van der Waals surface area contributed by atoms with E-state index in [0.717, 1.165) is 44.6 Å². The summed E-state index contributed by atoms with van der Waals surface area (Å²) in [5, 5.41) is 13.1. The summed E-state index contributed by atoms with van der Waals surface area (Å²) in [6.07, 6.45) is 1.56. The highest BCUT2D eigenvalue weighted by Crippen LogP contribution is 2.21. The molecule has 3 rings (SSSR count). The molecule has 1 aromatic rings. The number of likely N-dealkylation sites (tertiary alicyclic amines) is 1. The standard InChI is InChI=1S/C16H23N3O2/c20-15(13-4-2-1-3-5-13)12-18-9-6-14(7-10-18)19-11-8-17-16(19)21/h1-5,14-15,20H,6-12H2,(H,17,21)/t15-/m0/s1. The Kier molecular flexibility index (Phi) is 4.41. The number of carbonyl (C=O) groups excluding carboxylic acids is 1. The van der Waals surface area contributed by atoms with Crippen molar-refractivity contribution in [1.29, 1.82) is 0 Å².